The van der Waals surface area contributed by atoms with Gasteiger partial charge in [0.25, 0.3) is 0 Å². The topological polar surface area (TPSA) is 85.2 Å². The van der Waals surface area contributed by atoms with Crippen molar-refractivity contribution in [1.29, 1.82) is 0 Å². The van der Waals surface area contributed by atoms with Crippen molar-refractivity contribution in [2.75, 3.05) is 6.61 Å². The van der Waals surface area contributed by atoms with Gasteiger partial charge in [-0.2, -0.15) is 0 Å². The molecule has 1 unspecified atom stereocenters. The molecule has 0 radical (unpaired) electrons. The molecular formula is C24H29FO6. The largest absolute Gasteiger partial charge is 0.456 e. The standard InChI is InChI=1S/C24H29FO6/c1-14-7-9-17-21(2)13-29-20-19(23(14,17)12-24(28,31-20)22(21,3)27)30-18(26)10-8-15-5-4-6-16(25)11-15/h4-6,9,11,14,19-20,27-28H,7-8,10,12-13H2,1-3H3/t14-,19+,20?,21-,22-,23+,24-/m1/s1. The van der Waals surface area contributed by atoms with Gasteiger partial charge in [-0.05, 0) is 43.4 Å². The van der Waals surface area contributed by atoms with Crippen molar-refractivity contribution in [1.82, 2.24) is 0 Å². The Balaban J connectivity index is 1.45. The van der Waals surface area contributed by atoms with Crippen LogP contribution in [0.3, 0.4) is 0 Å². The lowest BCUT2D eigenvalue weighted by Crippen LogP contribution is -2.75. The van der Waals surface area contributed by atoms with Crippen molar-refractivity contribution in [3.8, 4) is 0 Å². The fourth-order valence-corrected chi connectivity index (χ4v) is 6.31. The molecule has 7 heteroatoms. The number of esters is 1. The molecule has 168 valence electrons. The summed E-state index contributed by atoms with van der Waals surface area (Å²) in [4.78, 5) is 12.8. The molecule has 4 fully saturated rings. The van der Waals surface area contributed by atoms with Gasteiger partial charge in [0.1, 0.15) is 11.4 Å². The van der Waals surface area contributed by atoms with Gasteiger partial charge in [0, 0.05) is 23.7 Å². The van der Waals surface area contributed by atoms with Gasteiger partial charge in [0.15, 0.2) is 18.2 Å². The van der Waals surface area contributed by atoms with Crippen LogP contribution >= 0.6 is 0 Å². The predicted molar refractivity (Wildman–Crippen MR) is 108 cm³/mol. The quantitative estimate of drug-likeness (QED) is 0.562. The second-order valence-corrected chi connectivity index (χ2v) is 10.00. The predicted octanol–water partition coefficient (Wildman–Crippen LogP) is 2.86. The van der Waals surface area contributed by atoms with E-state index in [9.17, 15) is 19.4 Å². The maximum absolute atomic E-state index is 13.4. The lowest BCUT2D eigenvalue weighted by molar-refractivity contribution is -0.407. The van der Waals surface area contributed by atoms with Gasteiger partial charge in [-0.1, -0.05) is 37.6 Å². The van der Waals surface area contributed by atoms with Crippen LogP contribution in [0.1, 0.15) is 45.6 Å². The number of aryl methyl sites for hydroxylation is 1. The van der Waals surface area contributed by atoms with Crippen molar-refractivity contribution in [2.45, 2.75) is 70.2 Å². The molecule has 3 aliphatic heterocycles. The van der Waals surface area contributed by atoms with Gasteiger partial charge >= 0.3 is 5.97 Å². The number of allylic oxidation sites excluding steroid dienone is 1. The molecule has 2 aliphatic carbocycles. The Kier molecular flexibility index (Phi) is 4.49. The fourth-order valence-electron chi connectivity index (χ4n) is 6.31. The van der Waals surface area contributed by atoms with Crippen LogP contribution in [0.2, 0.25) is 0 Å². The molecule has 3 heterocycles. The Morgan fingerprint density at radius 3 is 2.84 bits per heavy atom. The Morgan fingerprint density at radius 1 is 1.32 bits per heavy atom. The van der Waals surface area contributed by atoms with Crippen molar-refractivity contribution < 1.29 is 33.6 Å². The van der Waals surface area contributed by atoms with E-state index in [4.69, 9.17) is 14.2 Å². The SMILES string of the molecule is C[C@@H]1CC=C2[C@]13C[C@@]1(O)OC(OC[C@@]2(C)[C@@]1(C)O)[C@@H]3OC(=O)CCc1cccc(F)c1. The number of aliphatic hydroxyl groups is 2. The van der Waals surface area contributed by atoms with E-state index in [-0.39, 0.29) is 31.2 Å². The number of hydrogen-bond acceptors (Lipinski definition) is 6. The van der Waals surface area contributed by atoms with Crippen molar-refractivity contribution in [3.05, 3.63) is 47.3 Å². The lowest BCUT2D eigenvalue weighted by atomic mass is 9.48. The molecule has 31 heavy (non-hydrogen) atoms. The summed E-state index contributed by atoms with van der Waals surface area (Å²) in [7, 11) is 0. The second kappa shape index (κ2) is 6.61. The molecule has 1 aromatic rings. The Morgan fingerprint density at radius 2 is 2.10 bits per heavy atom. The molecule has 0 amide bonds. The molecule has 1 aromatic carbocycles. The number of carbonyl (C=O) groups is 1. The van der Waals surface area contributed by atoms with E-state index in [0.717, 1.165) is 17.6 Å². The Bertz CT molecular complexity index is 959. The number of benzene rings is 1. The smallest absolute Gasteiger partial charge is 0.306 e. The van der Waals surface area contributed by atoms with E-state index in [1.807, 2.05) is 6.92 Å². The monoisotopic (exact) mass is 432 g/mol. The molecule has 3 saturated heterocycles. The first kappa shape index (κ1) is 21.1. The maximum atomic E-state index is 13.4. The second-order valence-electron chi connectivity index (χ2n) is 10.00. The minimum atomic E-state index is -1.80. The Labute approximate surface area is 181 Å². The van der Waals surface area contributed by atoms with E-state index < -0.39 is 40.6 Å². The molecular weight excluding hydrogens is 403 g/mol. The molecule has 4 bridgehead atoms. The average Bonchev–Trinajstić information content (AvgIpc) is 2.97. The van der Waals surface area contributed by atoms with Crippen LogP contribution in [-0.4, -0.2) is 46.6 Å². The lowest BCUT2D eigenvalue weighted by Gasteiger charge is -2.64. The highest BCUT2D eigenvalue weighted by Gasteiger charge is 2.78. The summed E-state index contributed by atoms with van der Waals surface area (Å²) < 4.78 is 31.3. The highest BCUT2D eigenvalue weighted by atomic mass is 19.1. The van der Waals surface area contributed by atoms with Crippen LogP contribution < -0.4 is 0 Å². The van der Waals surface area contributed by atoms with Crippen LogP contribution in [0, 0.1) is 22.6 Å². The van der Waals surface area contributed by atoms with Gasteiger partial charge in [-0.25, -0.2) is 4.39 Å². The summed E-state index contributed by atoms with van der Waals surface area (Å²) >= 11 is 0. The molecule has 6 nitrogen and oxygen atoms in total. The number of ether oxygens (including phenoxy) is 3. The first-order valence-corrected chi connectivity index (χ1v) is 10.9. The molecule has 1 saturated carbocycles. The van der Waals surface area contributed by atoms with Gasteiger partial charge in [-0.3, -0.25) is 4.79 Å². The number of halogens is 1. The van der Waals surface area contributed by atoms with Gasteiger partial charge in [0.2, 0.25) is 0 Å². The summed E-state index contributed by atoms with van der Waals surface area (Å²) in [6.07, 6.45) is 1.76. The summed E-state index contributed by atoms with van der Waals surface area (Å²) in [6, 6.07) is 6.16. The summed E-state index contributed by atoms with van der Waals surface area (Å²) in [6.45, 7) is 5.71. The van der Waals surface area contributed by atoms with Crippen LogP contribution in [0.25, 0.3) is 0 Å². The molecule has 7 atom stereocenters. The first-order chi connectivity index (χ1) is 14.5. The maximum Gasteiger partial charge on any atom is 0.306 e. The van der Waals surface area contributed by atoms with Gasteiger partial charge in [-0.15, -0.1) is 0 Å². The average molecular weight is 432 g/mol. The fraction of sp³-hybridized carbons (Fsp3) is 0.625. The van der Waals surface area contributed by atoms with Crippen LogP contribution in [-0.2, 0) is 25.4 Å². The van der Waals surface area contributed by atoms with Crippen LogP contribution in [0.5, 0.6) is 0 Å². The summed E-state index contributed by atoms with van der Waals surface area (Å²) in [5, 5.41) is 22.8. The molecule has 6 rings (SSSR count). The van der Waals surface area contributed by atoms with Crippen molar-refractivity contribution >= 4 is 5.97 Å². The molecule has 1 spiro atoms. The highest BCUT2D eigenvalue weighted by Crippen LogP contribution is 2.71. The van der Waals surface area contributed by atoms with E-state index in [1.54, 1.807) is 19.1 Å². The Hall–Kier alpha value is -1.80. The van der Waals surface area contributed by atoms with Gasteiger partial charge in [0.05, 0.1) is 6.61 Å². The van der Waals surface area contributed by atoms with E-state index in [2.05, 4.69) is 13.0 Å². The number of carbonyl (C=O) groups excluding carboxylic acids is 1. The van der Waals surface area contributed by atoms with Gasteiger partial charge < -0.3 is 24.4 Å². The van der Waals surface area contributed by atoms with E-state index in [0.29, 0.717) is 6.42 Å². The number of fused-ring (bicyclic) bond motifs is 1. The number of hydrogen-bond donors (Lipinski definition) is 2. The highest BCUT2D eigenvalue weighted by molar-refractivity contribution is 5.70. The summed E-state index contributed by atoms with van der Waals surface area (Å²) in [5.41, 5.74) is -1.39. The normalized spacial score (nSPS) is 45.2. The minimum absolute atomic E-state index is 0.0820. The van der Waals surface area contributed by atoms with E-state index >= 15 is 0 Å². The van der Waals surface area contributed by atoms with Crippen molar-refractivity contribution in [2.24, 2.45) is 16.7 Å². The molecule has 0 aromatic heterocycles. The van der Waals surface area contributed by atoms with E-state index in [1.165, 1.54) is 12.1 Å². The third kappa shape index (κ3) is 2.67. The van der Waals surface area contributed by atoms with Crippen molar-refractivity contribution in [3.63, 3.8) is 0 Å². The zero-order valence-corrected chi connectivity index (χ0v) is 18.1. The third-order valence-electron chi connectivity index (χ3n) is 8.39. The first-order valence-electron chi connectivity index (χ1n) is 10.9. The molecule has 5 aliphatic rings. The molecule has 2 N–H and O–H groups in total. The number of rotatable bonds is 4. The minimum Gasteiger partial charge on any atom is -0.456 e. The zero-order chi connectivity index (χ0) is 22.2. The van der Waals surface area contributed by atoms with Crippen LogP contribution in [0.15, 0.2) is 35.9 Å². The zero-order valence-electron chi connectivity index (χ0n) is 18.1. The third-order valence-corrected chi connectivity index (χ3v) is 8.39. The van der Waals surface area contributed by atoms with Crippen LogP contribution in [0.4, 0.5) is 4.39 Å². The summed E-state index contributed by atoms with van der Waals surface area (Å²) in [5.74, 6) is -2.49.